The minimum Gasteiger partial charge on any atom is -0.423 e. The molecule has 0 unspecified atom stereocenters. The summed E-state index contributed by atoms with van der Waals surface area (Å²) < 4.78 is 5.26. The first-order chi connectivity index (χ1) is 12.6. The first-order valence-corrected chi connectivity index (χ1v) is 8.51. The van der Waals surface area contributed by atoms with Gasteiger partial charge in [-0.3, -0.25) is 4.79 Å². The van der Waals surface area contributed by atoms with Crippen molar-refractivity contribution in [2.45, 2.75) is 13.3 Å². The number of carbonyl (C=O) groups is 1. The quantitative estimate of drug-likeness (QED) is 0.709. The molecule has 1 aromatic carbocycles. The number of hydrogen-bond donors (Lipinski definition) is 1. The first-order valence-electron chi connectivity index (χ1n) is 8.51. The lowest BCUT2D eigenvalue weighted by Gasteiger charge is -2.34. The van der Waals surface area contributed by atoms with Crippen molar-refractivity contribution in [2.75, 3.05) is 31.1 Å². The van der Waals surface area contributed by atoms with E-state index in [2.05, 4.69) is 20.1 Å². The lowest BCUT2D eigenvalue weighted by atomic mass is 10.0. The molecule has 134 valence electrons. The van der Waals surface area contributed by atoms with E-state index in [9.17, 15) is 9.59 Å². The molecule has 0 radical (unpaired) electrons. The summed E-state index contributed by atoms with van der Waals surface area (Å²) in [6.45, 7) is 4.54. The number of piperazine rings is 1. The van der Waals surface area contributed by atoms with Crippen LogP contribution in [0.4, 0.5) is 5.95 Å². The Morgan fingerprint density at radius 3 is 2.77 bits per heavy atom. The van der Waals surface area contributed by atoms with E-state index in [0.29, 0.717) is 37.3 Å². The fourth-order valence-corrected chi connectivity index (χ4v) is 3.28. The summed E-state index contributed by atoms with van der Waals surface area (Å²) in [5, 5.41) is 7.50. The largest absolute Gasteiger partial charge is 0.423 e. The molecule has 1 N–H and O–H groups in total. The summed E-state index contributed by atoms with van der Waals surface area (Å²) in [7, 11) is 0. The van der Waals surface area contributed by atoms with Crippen molar-refractivity contribution in [2.24, 2.45) is 0 Å². The molecule has 1 aliphatic rings. The molecule has 1 amide bonds. The van der Waals surface area contributed by atoms with E-state index in [4.69, 9.17) is 4.42 Å². The summed E-state index contributed by atoms with van der Waals surface area (Å²) in [5.41, 5.74) is 1.81. The average Bonchev–Trinajstić information content (AvgIpc) is 3.16. The summed E-state index contributed by atoms with van der Waals surface area (Å²) in [4.78, 5) is 32.6. The van der Waals surface area contributed by atoms with Gasteiger partial charge in [0.25, 0.3) is 0 Å². The van der Waals surface area contributed by atoms with Crippen molar-refractivity contribution >= 4 is 22.8 Å². The Morgan fingerprint density at radius 2 is 2.04 bits per heavy atom. The maximum absolute atomic E-state index is 12.7. The van der Waals surface area contributed by atoms with Crippen LogP contribution in [0.5, 0.6) is 0 Å². The number of benzene rings is 1. The zero-order chi connectivity index (χ0) is 18.1. The number of anilines is 1. The highest BCUT2D eigenvalue weighted by Gasteiger charge is 2.23. The van der Waals surface area contributed by atoms with Crippen LogP contribution in [0.2, 0.25) is 0 Å². The molecule has 1 fully saturated rings. The van der Waals surface area contributed by atoms with E-state index in [1.165, 1.54) is 12.4 Å². The van der Waals surface area contributed by atoms with Crippen LogP contribution in [0, 0.1) is 6.92 Å². The topological polar surface area (TPSA) is 95.3 Å². The lowest BCUT2D eigenvalue weighted by molar-refractivity contribution is -0.130. The Balaban J connectivity index is 1.49. The predicted molar refractivity (Wildman–Crippen MR) is 96.1 cm³/mol. The van der Waals surface area contributed by atoms with Gasteiger partial charge in [-0.2, -0.15) is 10.1 Å². The summed E-state index contributed by atoms with van der Waals surface area (Å²) in [5.74, 6) is 0.730. The normalized spacial score (nSPS) is 14.8. The number of amides is 1. The molecule has 8 heteroatoms. The van der Waals surface area contributed by atoms with Gasteiger partial charge in [0.05, 0.1) is 6.42 Å². The van der Waals surface area contributed by atoms with Crippen LogP contribution in [0.1, 0.15) is 11.1 Å². The van der Waals surface area contributed by atoms with Crippen LogP contribution in [0.25, 0.3) is 11.0 Å². The molecule has 4 rings (SSSR count). The molecular weight excluding hydrogens is 334 g/mol. The first kappa shape index (κ1) is 16.3. The molecule has 1 saturated heterocycles. The molecule has 2 aromatic heterocycles. The van der Waals surface area contributed by atoms with Crippen molar-refractivity contribution in [3.05, 3.63) is 52.1 Å². The van der Waals surface area contributed by atoms with Crippen molar-refractivity contribution < 1.29 is 9.21 Å². The molecule has 3 heterocycles. The molecule has 0 atom stereocenters. The SMILES string of the molecule is Cc1ccc2c(CC(=O)N3CCN(c4ncn[nH]4)CC3)cc(=O)oc2c1. The predicted octanol–water partition coefficient (Wildman–Crippen LogP) is 1.11. The minimum atomic E-state index is -0.430. The Morgan fingerprint density at radius 1 is 1.23 bits per heavy atom. The van der Waals surface area contributed by atoms with Crippen LogP contribution in [0.3, 0.4) is 0 Å². The molecule has 8 nitrogen and oxygen atoms in total. The zero-order valence-electron chi connectivity index (χ0n) is 14.4. The molecular formula is C18H19N5O3. The Labute approximate surface area is 149 Å². The van der Waals surface area contributed by atoms with Gasteiger partial charge in [-0.1, -0.05) is 12.1 Å². The van der Waals surface area contributed by atoms with Crippen molar-refractivity contribution in [1.82, 2.24) is 20.1 Å². The number of aromatic nitrogens is 3. The Bertz CT molecular complexity index is 988. The number of aryl methyl sites for hydroxylation is 1. The van der Waals surface area contributed by atoms with E-state index in [0.717, 1.165) is 16.9 Å². The summed E-state index contributed by atoms with van der Waals surface area (Å²) in [6, 6.07) is 7.09. The standard InChI is InChI=1S/C18H19N5O3/c1-12-2-3-14-13(10-17(25)26-15(14)8-12)9-16(24)22-4-6-23(7-5-22)18-19-11-20-21-18/h2-3,8,10-11H,4-7,9H2,1H3,(H,19,20,21). The molecule has 0 spiro atoms. The van der Waals surface area contributed by atoms with Gasteiger partial charge in [-0.05, 0) is 24.1 Å². The number of nitrogens with zero attached hydrogens (tertiary/aromatic N) is 4. The van der Waals surface area contributed by atoms with E-state index >= 15 is 0 Å². The number of hydrogen-bond acceptors (Lipinski definition) is 6. The van der Waals surface area contributed by atoms with Gasteiger partial charge in [-0.15, -0.1) is 0 Å². The molecule has 0 aliphatic carbocycles. The van der Waals surface area contributed by atoms with Gasteiger partial charge in [-0.25, -0.2) is 9.89 Å². The van der Waals surface area contributed by atoms with E-state index in [-0.39, 0.29) is 12.3 Å². The molecule has 0 saturated carbocycles. The third kappa shape index (κ3) is 3.17. The van der Waals surface area contributed by atoms with E-state index in [1.54, 1.807) is 0 Å². The van der Waals surface area contributed by atoms with Crippen LogP contribution < -0.4 is 10.5 Å². The monoisotopic (exact) mass is 353 g/mol. The van der Waals surface area contributed by atoms with Crippen LogP contribution in [-0.4, -0.2) is 52.2 Å². The second-order valence-corrected chi connectivity index (χ2v) is 6.44. The lowest BCUT2D eigenvalue weighted by Crippen LogP contribution is -2.49. The van der Waals surface area contributed by atoms with Crippen LogP contribution in [0.15, 0.2) is 39.8 Å². The van der Waals surface area contributed by atoms with Gasteiger partial charge in [0, 0.05) is 37.6 Å². The Hall–Kier alpha value is -3.16. The fraction of sp³-hybridized carbons (Fsp3) is 0.333. The van der Waals surface area contributed by atoms with Gasteiger partial charge >= 0.3 is 5.63 Å². The van der Waals surface area contributed by atoms with Crippen molar-refractivity contribution in [3.63, 3.8) is 0 Å². The van der Waals surface area contributed by atoms with Crippen molar-refractivity contribution in [1.29, 1.82) is 0 Å². The van der Waals surface area contributed by atoms with Crippen LogP contribution in [-0.2, 0) is 11.2 Å². The number of rotatable bonds is 3. The average molecular weight is 353 g/mol. The van der Waals surface area contributed by atoms with Gasteiger partial charge in [0.1, 0.15) is 11.9 Å². The summed E-state index contributed by atoms with van der Waals surface area (Å²) in [6.07, 6.45) is 1.66. The number of nitrogens with one attached hydrogen (secondary N) is 1. The number of fused-ring (bicyclic) bond motifs is 1. The Kier molecular flexibility index (Phi) is 4.16. The highest BCUT2D eigenvalue weighted by molar-refractivity contribution is 5.87. The molecule has 26 heavy (non-hydrogen) atoms. The second-order valence-electron chi connectivity index (χ2n) is 6.44. The van der Waals surface area contributed by atoms with Crippen LogP contribution >= 0.6 is 0 Å². The highest BCUT2D eigenvalue weighted by Crippen LogP contribution is 2.20. The molecule has 1 aliphatic heterocycles. The van der Waals surface area contributed by atoms with Crippen molar-refractivity contribution in [3.8, 4) is 0 Å². The minimum absolute atomic E-state index is 0.00898. The maximum atomic E-state index is 12.7. The smallest absolute Gasteiger partial charge is 0.336 e. The van der Waals surface area contributed by atoms with E-state index in [1.807, 2.05) is 30.0 Å². The number of carbonyl (C=O) groups excluding carboxylic acids is 1. The van der Waals surface area contributed by atoms with E-state index < -0.39 is 5.63 Å². The van der Waals surface area contributed by atoms with Gasteiger partial charge < -0.3 is 14.2 Å². The summed E-state index contributed by atoms with van der Waals surface area (Å²) >= 11 is 0. The van der Waals surface area contributed by atoms with Gasteiger partial charge in [0.2, 0.25) is 11.9 Å². The zero-order valence-corrected chi connectivity index (χ0v) is 14.4. The highest BCUT2D eigenvalue weighted by atomic mass is 16.4. The fourth-order valence-electron chi connectivity index (χ4n) is 3.28. The van der Waals surface area contributed by atoms with Gasteiger partial charge in [0.15, 0.2) is 0 Å². The molecule has 0 bridgehead atoms. The third-order valence-corrected chi connectivity index (χ3v) is 4.66. The number of H-pyrrole nitrogens is 1. The maximum Gasteiger partial charge on any atom is 0.336 e. The third-order valence-electron chi connectivity index (χ3n) is 4.66. The molecule has 3 aromatic rings. The second kappa shape index (κ2) is 6.62. The number of aromatic amines is 1.